The molecule has 2 aromatic rings. The zero-order valence-corrected chi connectivity index (χ0v) is 16.6. The van der Waals surface area contributed by atoms with E-state index in [1.165, 1.54) is 27.2 Å². The van der Waals surface area contributed by atoms with Crippen LogP contribution in [-0.2, 0) is 0 Å². The highest BCUT2D eigenvalue weighted by Crippen LogP contribution is 2.42. The number of nitrogens with zero attached hydrogens (tertiary/aromatic N) is 1. The maximum atomic E-state index is 6.18. The van der Waals surface area contributed by atoms with E-state index < -0.39 is 0 Å². The fourth-order valence-corrected chi connectivity index (χ4v) is 4.62. The van der Waals surface area contributed by atoms with Crippen LogP contribution in [0, 0.1) is 0 Å². The van der Waals surface area contributed by atoms with Crippen LogP contribution in [0.25, 0.3) is 12.2 Å². The lowest BCUT2D eigenvalue weighted by Gasteiger charge is -2.29. The first-order valence-corrected chi connectivity index (χ1v) is 10.5. The smallest absolute Gasteiger partial charge is 0.159 e. The predicted molar refractivity (Wildman–Crippen MR) is 123 cm³/mol. The molecule has 2 aromatic carbocycles. The van der Waals surface area contributed by atoms with Crippen molar-refractivity contribution < 1.29 is 0 Å². The van der Waals surface area contributed by atoms with E-state index >= 15 is 0 Å². The van der Waals surface area contributed by atoms with Crippen molar-refractivity contribution in [2.75, 3.05) is 0 Å². The number of benzene rings is 2. The fraction of sp³-hybridized carbons (Fsp3) is 0.160. The topological polar surface area (TPSA) is 38.4 Å². The number of nitrogens with two attached hydrogens (primary N) is 1. The summed E-state index contributed by atoms with van der Waals surface area (Å²) in [5, 5.41) is 0.654. The van der Waals surface area contributed by atoms with Gasteiger partial charge in [-0.15, -0.1) is 0 Å². The predicted octanol–water partition coefficient (Wildman–Crippen LogP) is 6.21. The molecule has 0 radical (unpaired) electrons. The average Bonchev–Trinajstić information content (AvgIpc) is 2.74. The van der Waals surface area contributed by atoms with Gasteiger partial charge in [0, 0.05) is 4.91 Å². The summed E-state index contributed by atoms with van der Waals surface area (Å²) in [6, 6.07) is 20.8. The van der Waals surface area contributed by atoms with Gasteiger partial charge in [-0.3, -0.25) is 4.99 Å². The van der Waals surface area contributed by atoms with Gasteiger partial charge in [0.25, 0.3) is 0 Å². The van der Waals surface area contributed by atoms with Crippen LogP contribution >= 0.6 is 11.8 Å². The fourth-order valence-electron chi connectivity index (χ4n) is 3.59. The van der Waals surface area contributed by atoms with E-state index in [9.17, 15) is 0 Å². The van der Waals surface area contributed by atoms with Crippen molar-refractivity contribution in [3.05, 3.63) is 106 Å². The standard InChI is InChI=1S/C25H24N2S/c26-25-27-23(18-17-20-11-5-2-6-12-20)22-16-8-15-21(24(22)28-25)14-7-13-19-9-3-1-4-10-19/h1-7,9-14,17-18,23H,8,15-16H2,(H2,26,27)/b13-7+,18-17+,21-14+. The summed E-state index contributed by atoms with van der Waals surface area (Å²) in [5.74, 6) is 0. The molecule has 0 fully saturated rings. The van der Waals surface area contributed by atoms with Crippen molar-refractivity contribution in [1.29, 1.82) is 0 Å². The lowest BCUT2D eigenvalue weighted by atomic mass is 9.89. The van der Waals surface area contributed by atoms with E-state index in [0.29, 0.717) is 5.17 Å². The Morgan fingerprint density at radius 1 is 0.893 bits per heavy atom. The number of thioether (sulfide) groups is 1. The first kappa shape index (κ1) is 18.6. The van der Waals surface area contributed by atoms with Gasteiger partial charge >= 0.3 is 0 Å². The van der Waals surface area contributed by atoms with E-state index in [0.717, 1.165) is 19.3 Å². The van der Waals surface area contributed by atoms with Crippen LogP contribution in [0.3, 0.4) is 0 Å². The van der Waals surface area contributed by atoms with Gasteiger partial charge in [0.05, 0.1) is 6.04 Å². The lowest BCUT2D eigenvalue weighted by Crippen LogP contribution is -2.22. The average molecular weight is 385 g/mol. The molecular formula is C25H24N2S. The third-order valence-electron chi connectivity index (χ3n) is 4.96. The first-order valence-electron chi connectivity index (χ1n) is 9.70. The highest BCUT2D eigenvalue weighted by molar-refractivity contribution is 8.17. The normalized spacial score (nSPS) is 21.4. The van der Waals surface area contributed by atoms with Gasteiger partial charge in [-0.05, 0) is 41.5 Å². The van der Waals surface area contributed by atoms with Crippen molar-refractivity contribution in [1.82, 2.24) is 0 Å². The first-order chi connectivity index (χ1) is 13.8. The summed E-state index contributed by atoms with van der Waals surface area (Å²) in [5.41, 5.74) is 11.4. The number of allylic oxidation sites excluding steroid dienone is 3. The second kappa shape index (κ2) is 8.94. The number of rotatable bonds is 4. The van der Waals surface area contributed by atoms with Gasteiger partial charge in [-0.25, -0.2) is 0 Å². The Bertz CT molecular complexity index is 966. The van der Waals surface area contributed by atoms with Crippen LogP contribution in [0.1, 0.15) is 30.4 Å². The minimum Gasteiger partial charge on any atom is -0.378 e. The van der Waals surface area contributed by atoms with Gasteiger partial charge < -0.3 is 5.73 Å². The molecule has 1 aliphatic carbocycles. The number of hydrogen-bond acceptors (Lipinski definition) is 3. The van der Waals surface area contributed by atoms with Crippen LogP contribution in [0.4, 0.5) is 0 Å². The Labute approximate surface area is 171 Å². The van der Waals surface area contributed by atoms with Crippen LogP contribution < -0.4 is 5.73 Å². The monoisotopic (exact) mass is 384 g/mol. The second-order valence-electron chi connectivity index (χ2n) is 6.95. The molecule has 140 valence electrons. The van der Waals surface area contributed by atoms with Crippen molar-refractivity contribution in [2.45, 2.75) is 25.3 Å². The molecule has 2 N–H and O–H groups in total. The largest absolute Gasteiger partial charge is 0.378 e. The maximum absolute atomic E-state index is 6.18. The van der Waals surface area contributed by atoms with E-state index in [-0.39, 0.29) is 6.04 Å². The summed E-state index contributed by atoms with van der Waals surface area (Å²) >= 11 is 1.62. The van der Waals surface area contributed by atoms with Crippen LogP contribution in [0.5, 0.6) is 0 Å². The summed E-state index contributed by atoms with van der Waals surface area (Å²) in [6.07, 6.45) is 14.2. The summed E-state index contributed by atoms with van der Waals surface area (Å²) < 4.78 is 0. The molecular weight excluding hydrogens is 360 g/mol. The summed E-state index contributed by atoms with van der Waals surface area (Å²) in [7, 11) is 0. The van der Waals surface area contributed by atoms with Crippen LogP contribution in [-0.4, -0.2) is 11.2 Å². The molecule has 2 nitrogen and oxygen atoms in total. The Morgan fingerprint density at radius 2 is 1.57 bits per heavy atom. The molecule has 0 saturated heterocycles. The highest BCUT2D eigenvalue weighted by Gasteiger charge is 2.27. The van der Waals surface area contributed by atoms with Crippen molar-refractivity contribution >= 4 is 29.1 Å². The summed E-state index contributed by atoms with van der Waals surface area (Å²) in [6.45, 7) is 0. The quantitative estimate of drug-likeness (QED) is 0.681. The van der Waals surface area contributed by atoms with Crippen molar-refractivity contribution in [3.63, 3.8) is 0 Å². The summed E-state index contributed by atoms with van der Waals surface area (Å²) in [4.78, 5) is 6.03. The van der Waals surface area contributed by atoms with E-state index in [4.69, 9.17) is 10.7 Å². The van der Waals surface area contributed by atoms with Crippen molar-refractivity contribution in [3.8, 4) is 0 Å². The molecule has 0 spiro atoms. The molecule has 0 aromatic heterocycles. The van der Waals surface area contributed by atoms with E-state index in [2.05, 4.69) is 78.9 Å². The molecule has 4 rings (SSSR count). The minimum atomic E-state index is 0.0401. The molecule has 1 atom stereocenters. The second-order valence-corrected chi connectivity index (χ2v) is 7.98. The molecule has 1 unspecified atom stereocenters. The maximum Gasteiger partial charge on any atom is 0.159 e. The van der Waals surface area contributed by atoms with Gasteiger partial charge in [0.2, 0.25) is 0 Å². The molecule has 28 heavy (non-hydrogen) atoms. The number of amidine groups is 1. The number of hydrogen-bond donors (Lipinski definition) is 1. The third kappa shape index (κ3) is 4.55. The molecule has 0 saturated carbocycles. The van der Waals surface area contributed by atoms with E-state index in [1.807, 2.05) is 12.1 Å². The zero-order chi connectivity index (χ0) is 19.2. The third-order valence-corrected chi connectivity index (χ3v) is 6.00. The van der Waals surface area contributed by atoms with Gasteiger partial charge in [-0.1, -0.05) is 103 Å². The van der Waals surface area contributed by atoms with E-state index in [1.54, 1.807) is 11.8 Å². The van der Waals surface area contributed by atoms with Crippen molar-refractivity contribution in [2.24, 2.45) is 10.7 Å². The van der Waals surface area contributed by atoms with Crippen LogP contribution in [0.15, 0.2) is 99.9 Å². The van der Waals surface area contributed by atoms with Gasteiger partial charge in [0.1, 0.15) is 0 Å². The Hall–Kier alpha value is -2.78. The number of aliphatic imine (C=N–C) groups is 1. The zero-order valence-electron chi connectivity index (χ0n) is 15.8. The van der Waals surface area contributed by atoms with Gasteiger partial charge in [-0.2, -0.15) is 0 Å². The Kier molecular flexibility index (Phi) is 5.93. The lowest BCUT2D eigenvalue weighted by molar-refractivity contribution is 0.729. The molecule has 1 aliphatic heterocycles. The molecule has 3 heteroatoms. The van der Waals surface area contributed by atoms with Gasteiger partial charge in [0.15, 0.2) is 5.17 Å². The Morgan fingerprint density at radius 3 is 2.29 bits per heavy atom. The SMILES string of the molecule is NC1=NC(/C=C/c2ccccc2)C2=C(S1)/C(=C/C=C/c1ccccc1)CCC2. The molecule has 0 amide bonds. The molecule has 0 bridgehead atoms. The molecule has 2 aliphatic rings. The highest BCUT2D eigenvalue weighted by atomic mass is 32.2. The minimum absolute atomic E-state index is 0.0401. The molecule has 1 heterocycles. The Balaban J connectivity index is 1.59. The van der Waals surface area contributed by atoms with Crippen LogP contribution in [0.2, 0.25) is 0 Å².